The van der Waals surface area contributed by atoms with Gasteiger partial charge in [-0.25, -0.2) is 18.9 Å². The summed E-state index contributed by atoms with van der Waals surface area (Å²) in [6.07, 6.45) is 3.83. The van der Waals surface area contributed by atoms with E-state index in [1.807, 2.05) is 4.90 Å². The smallest absolute Gasteiger partial charge is 0.414 e. The lowest BCUT2D eigenvalue weighted by Crippen LogP contribution is -2.49. The molecule has 1 atom stereocenters. The van der Waals surface area contributed by atoms with Gasteiger partial charge >= 0.3 is 6.09 Å². The van der Waals surface area contributed by atoms with Crippen molar-refractivity contribution in [2.75, 3.05) is 42.5 Å². The molecule has 3 aromatic rings. The molecule has 12 heteroatoms. The lowest BCUT2D eigenvalue weighted by atomic mass is 10.2. The highest BCUT2D eigenvalue weighted by Crippen LogP contribution is 2.29. The highest BCUT2D eigenvalue weighted by Gasteiger charge is 2.33. The molecule has 10 nitrogen and oxygen atoms in total. The topological polar surface area (TPSA) is 96.7 Å². The van der Waals surface area contributed by atoms with E-state index in [4.69, 9.17) is 16.3 Å². The third kappa shape index (κ3) is 4.38. The van der Waals surface area contributed by atoms with Gasteiger partial charge in [-0.1, -0.05) is 16.8 Å². The molecular weight excluding hydrogens is 465 g/mol. The van der Waals surface area contributed by atoms with Crippen LogP contribution in [0.2, 0.25) is 5.15 Å². The van der Waals surface area contributed by atoms with Crippen molar-refractivity contribution >= 4 is 35.0 Å². The van der Waals surface area contributed by atoms with Crippen LogP contribution < -0.4 is 9.80 Å². The molecule has 2 aliphatic heterocycles. The number of anilines is 2. The fraction of sp³-hybridized carbons (Fsp3) is 0.318. The molecule has 0 bridgehead atoms. The molecule has 0 unspecified atom stereocenters. The minimum absolute atomic E-state index is 0.167. The molecule has 0 aliphatic carbocycles. The monoisotopic (exact) mass is 485 g/mol. The zero-order valence-corrected chi connectivity index (χ0v) is 18.8. The first kappa shape index (κ1) is 22.1. The van der Waals surface area contributed by atoms with Crippen LogP contribution in [-0.2, 0) is 11.3 Å². The number of ether oxygens (including phenoxy) is 1. The third-order valence-corrected chi connectivity index (χ3v) is 6.18. The summed E-state index contributed by atoms with van der Waals surface area (Å²) in [5.74, 6) is -0.637. The summed E-state index contributed by atoms with van der Waals surface area (Å²) < 4.78 is 22.0. The zero-order chi connectivity index (χ0) is 23.7. The van der Waals surface area contributed by atoms with Gasteiger partial charge < -0.3 is 14.5 Å². The standard InChI is InChI=1S/C22H21ClFN7O3/c23-20-17(2-1-5-25-20)21(32)29-10-8-28(9-11-29)19-4-3-15(12-18(19)24)31-14-16(34-22(31)33)13-30-7-6-26-27-30/h1-7,12,16H,8-11,13-14H2/t16-/m0/s1. The largest absolute Gasteiger partial charge is 0.442 e. The lowest BCUT2D eigenvalue weighted by molar-refractivity contribution is 0.0746. The van der Waals surface area contributed by atoms with Gasteiger partial charge in [0.05, 0.1) is 36.2 Å². The van der Waals surface area contributed by atoms with Gasteiger partial charge in [-0.05, 0) is 30.3 Å². The SMILES string of the molecule is O=C(c1cccnc1Cl)N1CCN(c2ccc(N3C[C@H](Cn4ccnn4)OC3=O)cc2F)CC1. The Kier molecular flexibility index (Phi) is 6.01. The minimum Gasteiger partial charge on any atom is -0.442 e. The zero-order valence-electron chi connectivity index (χ0n) is 18.0. The summed E-state index contributed by atoms with van der Waals surface area (Å²) in [6.45, 7) is 2.43. The lowest BCUT2D eigenvalue weighted by Gasteiger charge is -2.36. The predicted molar refractivity (Wildman–Crippen MR) is 121 cm³/mol. The van der Waals surface area contributed by atoms with E-state index in [2.05, 4.69) is 15.3 Å². The molecule has 1 aromatic carbocycles. The molecule has 2 aromatic heterocycles. The minimum atomic E-state index is -0.529. The number of aromatic nitrogens is 4. The van der Waals surface area contributed by atoms with Crippen LogP contribution in [0.1, 0.15) is 10.4 Å². The Balaban J connectivity index is 1.22. The van der Waals surface area contributed by atoms with Gasteiger partial charge in [0.1, 0.15) is 17.1 Å². The highest BCUT2D eigenvalue weighted by molar-refractivity contribution is 6.32. The second-order valence-electron chi connectivity index (χ2n) is 8.00. The second kappa shape index (κ2) is 9.26. The maximum absolute atomic E-state index is 15.0. The molecule has 5 rings (SSSR count). The number of carbonyl (C=O) groups is 2. The Morgan fingerprint density at radius 3 is 2.71 bits per heavy atom. The molecule has 2 fully saturated rings. The number of nitrogens with zero attached hydrogens (tertiary/aromatic N) is 7. The quantitative estimate of drug-likeness (QED) is 0.512. The average molecular weight is 486 g/mol. The Morgan fingerprint density at radius 1 is 1.18 bits per heavy atom. The summed E-state index contributed by atoms with van der Waals surface area (Å²) in [4.78, 5) is 34.0. The first-order valence-electron chi connectivity index (χ1n) is 10.8. The summed E-state index contributed by atoms with van der Waals surface area (Å²) in [5, 5.41) is 7.78. The van der Waals surface area contributed by atoms with Crippen LogP contribution in [0, 0.1) is 5.82 Å². The number of hydrogen-bond donors (Lipinski definition) is 0. The van der Waals surface area contributed by atoms with Crippen LogP contribution in [0.3, 0.4) is 0 Å². The maximum Gasteiger partial charge on any atom is 0.414 e. The van der Waals surface area contributed by atoms with Gasteiger partial charge in [0.2, 0.25) is 0 Å². The first-order chi connectivity index (χ1) is 16.5. The molecule has 2 saturated heterocycles. The molecule has 176 valence electrons. The van der Waals surface area contributed by atoms with Crippen LogP contribution in [-0.4, -0.2) is 75.7 Å². The number of hydrogen-bond acceptors (Lipinski definition) is 7. The van der Waals surface area contributed by atoms with Gasteiger partial charge in [-0.2, -0.15) is 0 Å². The number of pyridine rings is 1. The average Bonchev–Trinajstić information content (AvgIpc) is 3.48. The molecule has 0 N–H and O–H groups in total. The van der Waals surface area contributed by atoms with Crippen molar-refractivity contribution < 1.29 is 18.7 Å². The molecule has 0 saturated carbocycles. The molecule has 0 radical (unpaired) electrons. The summed E-state index contributed by atoms with van der Waals surface area (Å²) >= 11 is 6.04. The molecule has 2 amide bonds. The summed E-state index contributed by atoms with van der Waals surface area (Å²) in [6, 6.07) is 7.99. The van der Waals surface area contributed by atoms with E-state index in [0.717, 1.165) is 0 Å². The second-order valence-corrected chi connectivity index (χ2v) is 8.36. The number of piperazine rings is 1. The van der Waals surface area contributed by atoms with E-state index >= 15 is 4.39 Å². The molecule has 0 spiro atoms. The fourth-order valence-corrected chi connectivity index (χ4v) is 4.35. The number of cyclic esters (lactones) is 1. The normalized spacial score (nSPS) is 18.4. The van der Waals surface area contributed by atoms with E-state index in [-0.39, 0.29) is 17.6 Å². The predicted octanol–water partition coefficient (Wildman–Crippen LogP) is 2.45. The van der Waals surface area contributed by atoms with Gasteiger partial charge in [0.15, 0.2) is 0 Å². The van der Waals surface area contributed by atoms with Crippen molar-refractivity contribution in [3.05, 3.63) is 65.5 Å². The molecular formula is C22H21ClFN7O3. The van der Waals surface area contributed by atoms with E-state index < -0.39 is 18.0 Å². The van der Waals surface area contributed by atoms with E-state index in [1.54, 1.807) is 46.2 Å². The van der Waals surface area contributed by atoms with Crippen LogP contribution >= 0.6 is 11.6 Å². The number of carbonyl (C=O) groups excluding carboxylic acids is 2. The van der Waals surface area contributed by atoms with Gasteiger partial charge in [-0.15, -0.1) is 5.10 Å². The number of benzene rings is 1. The third-order valence-electron chi connectivity index (χ3n) is 5.88. The number of halogens is 2. The Hall–Kier alpha value is -3.73. The van der Waals surface area contributed by atoms with Crippen LogP contribution in [0.15, 0.2) is 48.9 Å². The van der Waals surface area contributed by atoms with Crippen molar-refractivity contribution in [3.8, 4) is 0 Å². The Labute approximate surface area is 199 Å². The van der Waals surface area contributed by atoms with E-state index in [0.29, 0.717) is 49.7 Å². The van der Waals surface area contributed by atoms with Crippen molar-refractivity contribution in [1.29, 1.82) is 0 Å². The Morgan fingerprint density at radius 2 is 2.00 bits per heavy atom. The summed E-state index contributed by atoms with van der Waals surface area (Å²) in [5.41, 5.74) is 1.20. The van der Waals surface area contributed by atoms with Crippen molar-refractivity contribution in [3.63, 3.8) is 0 Å². The van der Waals surface area contributed by atoms with Gasteiger partial charge in [-0.3, -0.25) is 9.69 Å². The van der Waals surface area contributed by atoms with Gasteiger partial charge in [0.25, 0.3) is 5.91 Å². The molecule has 2 aliphatic rings. The van der Waals surface area contributed by atoms with Gasteiger partial charge in [0, 0.05) is 38.6 Å². The van der Waals surface area contributed by atoms with Crippen LogP contribution in [0.5, 0.6) is 0 Å². The van der Waals surface area contributed by atoms with Crippen molar-refractivity contribution in [2.24, 2.45) is 0 Å². The van der Waals surface area contributed by atoms with Crippen molar-refractivity contribution in [2.45, 2.75) is 12.6 Å². The first-order valence-corrected chi connectivity index (χ1v) is 11.1. The Bertz CT molecular complexity index is 1200. The molecule has 34 heavy (non-hydrogen) atoms. The molecule has 4 heterocycles. The number of rotatable bonds is 5. The highest BCUT2D eigenvalue weighted by atomic mass is 35.5. The van der Waals surface area contributed by atoms with E-state index in [1.165, 1.54) is 17.2 Å². The van der Waals surface area contributed by atoms with Crippen LogP contribution in [0.4, 0.5) is 20.6 Å². The van der Waals surface area contributed by atoms with Crippen molar-refractivity contribution in [1.82, 2.24) is 24.9 Å². The van der Waals surface area contributed by atoms with E-state index in [9.17, 15) is 9.59 Å². The fourth-order valence-electron chi connectivity index (χ4n) is 4.15. The maximum atomic E-state index is 15.0. The number of amides is 2. The van der Waals surface area contributed by atoms with Crippen LogP contribution in [0.25, 0.3) is 0 Å². The summed E-state index contributed by atoms with van der Waals surface area (Å²) in [7, 11) is 0.